The molecule has 0 saturated carbocycles. The molecule has 1 atom stereocenters. The zero-order chi connectivity index (χ0) is 12.3. The summed E-state index contributed by atoms with van der Waals surface area (Å²) in [5, 5.41) is 3.93. The lowest BCUT2D eigenvalue weighted by Gasteiger charge is -2.15. The molecular weight excluding hydrogens is 234 g/mol. The predicted molar refractivity (Wildman–Crippen MR) is 70.3 cm³/mol. The molecule has 2 aromatic heterocycles. The van der Waals surface area contributed by atoms with Crippen LogP contribution < -0.4 is 5.32 Å². The van der Waals surface area contributed by atoms with Crippen LogP contribution in [-0.4, -0.2) is 9.97 Å². The highest BCUT2D eigenvalue weighted by Gasteiger charge is 2.06. The summed E-state index contributed by atoms with van der Waals surface area (Å²) in [6.07, 6.45) is 5.32. The number of pyridine rings is 2. The molecule has 2 heterocycles. The molecule has 0 fully saturated rings. The molecule has 4 heteroatoms. The molecule has 0 spiro atoms. The van der Waals surface area contributed by atoms with E-state index in [4.69, 9.17) is 11.6 Å². The van der Waals surface area contributed by atoms with E-state index >= 15 is 0 Å². The van der Waals surface area contributed by atoms with Gasteiger partial charge >= 0.3 is 0 Å². The van der Waals surface area contributed by atoms with Gasteiger partial charge in [0.2, 0.25) is 0 Å². The first-order valence-electron chi connectivity index (χ1n) is 5.45. The number of nitrogens with zero attached hydrogens (tertiary/aromatic N) is 2. The minimum Gasteiger partial charge on any atom is -0.377 e. The summed E-state index contributed by atoms with van der Waals surface area (Å²) in [6.45, 7) is 4.04. The maximum absolute atomic E-state index is 5.89. The summed E-state index contributed by atoms with van der Waals surface area (Å²) >= 11 is 5.89. The number of hydrogen-bond donors (Lipinski definition) is 1. The third-order valence-electron chi connectivity index (χ3n) is 2.60. The molecule has 0 bridgehead atoms. The molecule has 0 aliphatic rings. The Kier molecular flexibility index (Phi) is 3.59. The van der Waals surface area contributed by atoms with Gasteiger partial charge in [-0.3, -0.25) is 4.98 Å². The summed E-state index contributed by atoms with van der Waals surface area (Å²) in [4.78, 5) is 8.12. The topological polar surface area (TPSA) is 37.8 Å². The summed E-state index contributed by atoms with van der Waals surface area (Å²) in [5.41, 5.74) is 3.13. The monoisotopic (exact) mass is 247 g/mol. The van der Waals surface area contributed by atoms with Gasteiger partial charge in [0.25, 0.3) is 0 Å². The smallest absolute Gasteiger partial charge is 0.132 e. The molecule has 0 saturated heterocycles. The van der Waals surface area contributed by atoms with Gasteiger partial charge < -0.3 is 5.32 Å². The van der Waals surface area contributed by atoms with Crippen LogP contribution in [0.3, 0.4) is 0 Å². The fourth-order valence-corrected chi connectivity index (χ4v) is 1.73. The van der Waals surface area contributed by atoms with Crippen LogP contribution in [0.25, 0.3) is 0 Å². The Balaban J connectivity index is 2.13. The van der Waals surface area contributed by atoms with E-state index in [1.807, 2.05) is 25.1 Å². The number of halogens is 1. The highest BCUT2D eigenvalue weighted by Crippen LogP contribution is 2.21. The molecular formula is C13H14ClN3. The van der Waals surface area contributed by atoms with Crippen LogP contribution in [0.4, 0.5) is 5.69 Å². The van der Waals surface area contributed by atoms with E-state index in [9.17, 15) is 0 Å². The van der Waals surface area contributed by atoms with E-state index in [-0.39, 0.29) is 6.04 Å². The minimum atomic E-state index is 0.209. The van der Waals surface area contributed by atoms with Crippen molar-refractivity contribution >= 4 is 17.3 Å². The molecule has 0 aromatic carbocycles. The summed E-state index contributed by atoms with van der Waals surface area (Å²) in [6, 6.07) is 6.19. The second-order valence-corrected chi connectivity index (χ2v) is 4.34. The fraction of sp³-hybridized carbons (Fsp3) is 0.231. The SMILES string of the molecule is Cc1cc(NC(C)c2ccncc2)cnc1Cl. The zero-order valence-electron chi connectivity index (χ0n) is 9.81. The number of aromatic nitrogens is 2. The van der Waals surface area contributed by atoms with Crippen LogP contribution in [0, 0.1) is 6.92 Å². The van der Waals surface area contributed by atoms with Gasteiger partial charge in [0.15, 0.2) is 0 Å². The normalized spacial score (nSPS) is 12.2. The second kappa shape index (κ2) is 5.15. The molecule has 88 valence electrons. The maximum Gasteiger partial charge on any atom is 0.132 e. The Morgan fingerprint density at radius 2 is 2.00 bits per heavy atom. The number of rotatable bonds is 3. The molecule has 0 radical (unpaired) electrons. The van der Waals surface area contributed by atoms with Crippen LogP contribution >= 0.6 is 11.6 Å². The molecule has 0 aliphatic heterocycles. The highest BCUT2D eigenvalue weighted by atomic mass is 35.5. The Morgan fingerprint density at radius 3 is 2.65 bits per heavy atom. The van der Waals surface area contributed by atoms with Gasteiger partial charge in [0, 0.05) is 18.4 Å². The van der Waals surface area contributed by atoms with E-state index < -0.39 is 0 Å². The van der Waals surface area contributed by atoms with Crippen molar-refractivity contribution in [2.45, 2.75) is 19.9 Å². The van der Waals surface area contributed by atoms with Crippen LogP contribution in [0.1, 0.15) is 24.1 Å². The fourth-order valence-electron chi connectivity index (χ4n) is 1.62. The molecule has 1 unspecified atom stereocenters. The number of aryl methyl sites for hydroxylation is 1. The van der Waals surface area contributed by atoms with Gasteiger partial charge in [-0.1, -0.05) is 11.6 Å². The van der Waals surface area contributed by atoms with Crippen LogP contribution in [0.2, 0.25) is 5.15 Å². The van der Waals surface area contributed by atoms with E-state index in [1.165, 1.54) is 5.56 Å². The lowest BCUT2D eigenvalue weighted by molar-refractivity contribution is 0.878. The van der Waals surface area contributed by atoms with Gasteiger partial charge in [0.1, 0.15) is 5.15 Å². The molecule has 17 heavy (non-hydrogen) atoms. The van der Waals surface area contributed by atoms with Gasteiger partial charge in [-0.15, -0.1) is 0 Å². The number of hydrogen-bond acceptors (Lipinski definition) is 3. The lowest BCUT2D eigenvalue weighted by atomic mass is 10.1. The first-order valence-corrected chi connectivity index (χ1v) is 5.83. The third-order valence-corrected chi connectivity index (χ3v) is 3.00. The van der Waals surface area contributed by atoms with Crippen molar-refractivity contribution in [1.82, 2.24) is 9.97 Å². The van der Waals surface area contributed by atoms with E-state index in [2.05, 4.69) is 22.2 Å². The first-order chi connectivity index (χ1) is 8.16. The van der Waals surface area contributed by atoms with Gasteiger partial charge in [-0.05, 0) is 43.2 Å². The van der Waals surface area contributed by atoms with Gasteiger partial charge in [-0.25, -0.2) is 4.98 Å². The Bertz CT molecular complexity index is 499. The third kappa shape index (κ3) is 2.94. The molecule has 1 N–H and O–H groups in total. The molecule has 2 rings (SSSR count). The molecule has 0 amide bonds. The molecule has 2 aromatic rings. The van der Waals surface area contributed by atoms with Crippen molar-refractivity contribution in [3.8, 4) is 0 Å². The maximum atomic E-state index is 5.89. The second-order valence-electron chi connectivity index (χ2n) is 3.98. The van der Waals surface area contributed by atoms with Crippen molar-refractivity contribution in [2.24, 2.45) is 0 Å². The van der Waals surface area contributed by atoms with Crippen LogP contribution in [-0.2, 0) is 0 Å². The number of anilines is 1. The Morgan fingerprint density at radius 1 is 1.29 bits per heavy atom. The minimum absolute atomic E-state index is 0.209. The van der Waals surface area contributed by atoms with Crippen molar-refractivity contribution in [1.29, 1.82) is 0 Å². The largest absolute Gasteiger partial charge is 0.377 e. The highest BCUT2D eigenvalue weighted by molar-refractivity contribution is 6.30. The van der Waals surface area contributed by atoms with Crippen LogP contribution in [0.15, 0.2) is 36.8 Å². The summed E-state index contributed by atoms with van der Waals surface area (Å²) < 4.78 is 0. The average Bonchev–Trinajstić information content (AvgIpc) is 2.35. The Hall–Kier alpha value is -1.61. The van der Waals surface area contributed by atoms with Crippen molar-refractivity contribution < 1.29 is 0 Å². The molecule has 3 nitrogen and oxygen atoms in total. The van der Waals surface area contributed by atoms with E-state index in [0.717, 1.165) is 11.3 Å². The molecule has 0 aliphatic carbocycles. The first kappa shape index (κ1) is 11.9. The van der Waals surface area contributed by atoms with Crippen molar-refractivity contribution in [2.75, 3.05) is 5.32 Å². The predicted octanol–water partition coefficient (Wildman–Crippen LogP) is 3.61. The summed E-state index contributed by atoms with van der Waals surface area (Å²) in [5.74, 6) is 0. The quantitative estimate of drug-likeness (QED) is 0.842. The van der Waals surface area contributed by atoms with Gasteiger partial charge in [0.05, 0.1) is 11.9 Å². The van der Waals surface area contributed by atoms with Crippen molar-refractivity contribution in [3.63, 3.8) is 0 Å². The standard InChI is InChI=1S/C13H14ClN3/c1-9-7-12(8-16-13(9)14)17-10(2)11-3-5-15-6-4-11/h3-8,10,17H,1-2H3. The lowest BCUT2D eigenvalue weighted by Crippen LogP contribution is -2.07. The van der Waals surface area contributed by atoms with E-state index in [0.29, 0.717) is 5.15 Å². The Labute approximate surface area is 106 Å². The zero-order valence-corrected chi connectivity index (χ0v) is 10.6. The van der Waals surface area contributed by atoms with E-state index in [1.54, 1.807) is 18.6 Å². The van der Waals surface area contributed by atoms with Crippen LogP contribution in [0.5, 0.6) is 0 Å². The summed E-state index contributed by atoms with van der Waals surface area (Å²) in [7, 11) is 0. The average molecular weight is 248 g/mol. The van der Waals surface area contributed by atoms with Gasteiger partial charge in [-0.2, -0.15) is 0 Å². The van der Waals surface area contributed by atoms with Crippen molar-refractivity contribution in [3.05, 3.63) is 53.1 Å². The number of nitrogens with one attached hydrogen (secondary N) is 1.